The maximum absolute atomic E-state index is 13.5. The van der Waals surface area contributed by atoms with Gasteiger partial charge in [-0.2, -0.15) is 18.3 Å². The van der Waals surface area contributed by atoms with Crippen LogP contribution in [0.1, 0.15) is 17.5 Å². The minimum Gasteiger partial charge on any atom is -0.325 e. The molecule has 1 aromatic heterocycles. The molecule has 0 bridgehead atoms. The first-order chi connectivity index (χ1) is 13.3. The van der Waals surface area contributed by atoms with E-state index in [1.807, 2.05) is 0 Å². The summed E-state index contributed by atoms with van der Waals surface area (Å²) in [6.45, 7) is 0. The van der Waals surface area contributed by atoms with Crippen molar-refractivity contribution in [3.63, 3.8) is 0 Å². The van der Waals surface area contributed by atoms with E-state index < -0.39 is 17.6 Å². The smallest absolute Gasteiger partial charge is 0.325 e. The van der Waals surface area contributed by atoms with Crippen molar-refractivity contribution >= 4 is 34.8 Å². The summed E-state index contributed by atoms with van der Waals surface area (Å²) in [5.74, 6) is -0.562. The first-order valence-corrected chi connectivity index (χ1v) is 8.95. The second kappa shape index (κ2) is 8.24. The van der Waals surface area contributed by atoms with E-state index in [-0.39, 0.29) is 24.2 Å². The molecule has 0 spiro atoms. The van der Waals surface area contributed by atoms with Crippen LogP contribution in [0.25, 0.3) is 5.69 Å². The second-order valence-electron chi connectivity index (χ2n) is 5.94. The first-order valence-electron chi connectivity index (χ1n) is 8.19. The van der Waals surface area contributed by atoms with Gasteiger partial charge in [0.1, 0.15) is 0 Å². The van der Waals surface area contributed by atoms with Crippen LogP contribution in [0, 0.1) is 0 Å². The Morgan fingerprint density at radius 1 is 1.14 bits per heavy atom. The largest absolute Gasteiger partial charge is 0.418 e. The topological polar surface area (TPSA) is 46.9 Å². The number of hydrogen-bond acceptors (Lipinski definition) is 2. The molecule has 4 nitrogen and oxygen atoms in total. The van der Waals surface area contributed by atoms with Gasteiger partial charge in [-0.3, -0.25) is 4.79 Å². The van der Waals surface area contributed by atoms with E-state index >= 15 is 0 Å². The van der Waals surface area contributed by atoms with Crippen LogP contribution in [0.2, 0.25) is 10.0 Å². The average Bonchev–Trinajstić information content (AvgIpc) is 3.17. The summed E-state index contributed by atoms with van der Waals surface area (Å²) in [5.41, 5.74) is -0.379. The predicted molar refractivity (Wildman–Crippen MR) is 102 cm³/mol. The maximum Gasteiger partial charge on any atom is 0.418 e. The van der Waals surface area contributed by atoms with E-state index in [0.717, 1.165) is 6.07 Å². The summed E-state index contributed by atoms with van der Waals surface area (Å²) in [6.07, 6.45) is -1.44. The molecule has 1 heterocycles. The third-order valence-corrected chi connectivity index (χ3v) is 4.86. The van der Waals surface area contributed by atoms with Crippen molar-refractivity contribution in [1.29, 1.82) is 0 Å². The number of aromatic nitrogens is 2. The van der Waals surface area contributed by atoms with Gasteiger partial charge >= 0.3 is 6.18 Å². The number of carbonyl (C=O) groups is 1. The number of anilines is 1. The molecule has 3 aromatic rings. The fourth-order valence-corrected chi connectivity index (χ4v) is 3.06. The molecule has 0 aliphatic heterocycles. The highest BCUT2D eigenvalue weighted by Gasteiger charge is 2.34. The number of rotatable bonds is 5. The first kappa shape index (κ1) is 20.2. The predicted octanol–water partition coefficient (Wildman–Crippen LogP) is 5.77. The number of aryl methyl sites for hydroxylation is 1. The van der Waals surface area contributed by atoms with Gasteiger partial charge in [-0.05, 0) is 42.3 Å². The molecule has 0 aliphatic carbocycles. The number of amides is 1. The lowest BCUT2D eigenvalue weighted by atomic mass is 10.1. The van der Waals surface area contributed by atoms with Gasteiger partial charge < -0.3 is 5.32 Å². The van der Waals surface area contributed by atoms with Crippen LogP contribution >= 0.6 is 23.2 Å². The van der Waals surface area contributed by atoms with E-state index in [4.69, 9.17) is 23.2 Å². The third-order valence-electron chi connectivity index (χ3n) is 4.00. The van der Waals surface area contributed by atoms with Crippen molar-refractivity contribution in [3.8, 4) is 5.69 Å². The fourth-order valence-electron chi connectivity index (χ4n) is 2.64. The Morgan fingerprint density at radius 2 is 1.93 bits per heavy atom. The number of hydrogen-bond donors (Lipinski definition) is 1. The molecule has 28 heavy (non-hydrogen) atoms. The van der Waals surface area contributed by atoms with Crippen molar-refractivity contribution in [2.45, 2.75) is 19.0 Å². The molecule has 0 radical (unpaired) electrons. The monoisotopic (exact) mass is 427 g/mol. The molecule has 0 atom stereocenters. The summed E-state index contributed by atoms with van der Waals surface area (Å²) in [6, 6.07) is 10.2. The zero-order valence-corrected chi connectivity index (χ0v) is 15.8. The summed E-state index contributed by atoms with van der Waals surface area (Å²) in [4.78, 5) is 12.2. The Balaban J connectivity index is 1.77. The molecule has 0 aliphatic rings. The molecule has 1 N–H and O–H groups in total. The van der Waals surface area contributed by atoms with Crippen molar-refractivity contribution < 1.29 is 18.0 Å². The van der Waals surface area contributed by atoms with Crippen LogP contribution in [0.15, 0.2) is 54.9 Å². The molecule has 9 heteroatoms. The van der Waals surface area contributed by atoms with Gasteiger partial charge in [0.2, 0.25) is 5.91 Å². The van der Waals surface area contributed by atoms with Gasteiger partial charge in [-0.25, -0.2) is 4.68 Å². The lowest BCUT2D eigenvalue weighted by molar-refractivity contribution is -0.137. The highest BCUT2D eigenvalue weighted by atomic mass is 35.5. The Morgan fingerprint density at radius 3 is 2.61 bits per heavy atom. The highest BCUT2D eigenvalue weighted by Crippen LogP contribution is 2.36. The molecular formula is C19H14Cl2F3N3O. The minimum atomic E-state index is -4.64. The van der Waals surface area contributed by atoms with Crippen LogP contribution in [0.3, 0.4) is 0 Å². The molecule has 2 aromatic carbocycles. The lowest BCUT2D eigenvalue weighted by Gasteiger charge is -2.15. The standard InChI is InChI=1S/C19H14Cl2F3N3O/c20-15-4-1-3-12(18(15)21)5-8-17(28)26-16-7-6-13(27-10-2-9-25-27)11-14(16)19(22,23)24/h1-4,6-7,9-11H,5,8H2,(H,26,28). The van der Waals surface area contributed by atoms with Crippen LogP contribution in [0.4, 0.5) is 18.9 Å². The van der Waals surface area contributed by atoms with E-state index in [1.54, 1.807) is 24.3 Å². The van der Waals surface area contributed by atoms with Gasteiger partial charge in [0.25, 0.3) is 0 Å². The minimum absolute atomic E-state index is 0.0434. The summed E-state index contributed by atoms with van der Waals surface area (Å²) >= 11 is 12.0. The van der Waals surface area contributed by atoms with E-state index in [0.29, 0.717) is 15.6 Å². The summed E-state index contributed by atoms with van der Waals surface area (Å²) in [5, 5.41) is 6.93. The molecular weight excluding hydrogens is 414 g/mol. The molecule has 3 rings (SSSR count). The van der Waals surface area contributed by atoms with Crippen LogP contribution < -0.4 is 5.32 Å². The third kappa shape index (κ3) is 4.66. The number of halogens is 5. The Bertz CT molecular complexity index is 989. The normalized spacial score (nSPS) is 11.5. The number of benzene rings is 2. The van der Waals surface area contributed by atoms with Crippen molar-refractivity contribution in [2.24, 2.45) is 0 Å². The zero-order valence-electron chi connectivity index (χ0n) is 14.3. The van der Waals surface area contributed by atoms with Crippen molar-refractivity contribution in [2.75, 3.05) is 5.32 Å². The Labute approximate surface area is 168 Å². The number of carbonyl (C=O) groups excluding carboxylic acids is 1. The zero-order chi connectivity index (χ0) is 20.3. The van der Waals surface area contributed by atoms with Crippen molar-refractivity contribution in [3.05, 3.63) is 76.0 Å². The van der Waals surface area contributed by atoms with Gasteiger partial charge in [0, 0.05) is 18.8 Å². The second-order valence-corrected chi connectivity index (χ2v) is 6.72. The fraction of sp³-hybridized carbons (Fsp3) is 0.158. The van der Waals surface area contributed by atoms with Crippen LogP contribution in [-0.4, -0.2) is 15.7 Å². The van der Waals surface area contributed by atoms with Crippen LogP contribution in [-0.2, 0) is 17.4 Å². The quantitative estimate of drug-likeness (QED) is 0.561. The van der Waals surface area contributed by atoms with Crippen molar-refractivity contribution in [1.82, 2.24) is 9.78 Å². The highest BCUT2D eigenvalue weighted by molar-refractivity contribution is 6.42. The SMILES string of the molecule is O=C(CCc1cccc(Cl)c1Cl)Nc1ccc(-n2cccn2)cc1C(F)(F)F. The van der Waals surface area contributed by atoms with Gasteiger partial charge in [-0.1, -0.05) is 35.3 Å². The molecule has 0 fully saturated rings. The molecule has 1 amide bonds. The number of nitrogens with one attached hydrogen (secondary N) is 1. The van der Waals surface area contributed by atoms with Gasteiger partial charge in [0.05, 0.1) is 27.0 Å². The molecule has 0 saturated carbocycles. The summed E-state index contributed by atoms with van der Waals surface area (Å²) in [7, 11) is 0. The van der Waals surface area contributed by atoms with E-state index in [9.17, 15) is 18.0 Å². The maximum atomic E-state index is 13.5. The number of alkyl halides is 3. The summed E-state index contributed by atoms with van der Waals surface area (Å²) < 4.78 is 41.7. The lowest BCUT2D eigenvalue weighted by Crippen LogP contribution is -2.17. The van der Waals surface area contributed by atoms with Crippen LogP contribution in [0.5, 0.6) is 0 Å². The molecule has 0 saturated heterocycles. The molecule has 0 unspecified atom stereocenters. The molecule has 146 valence electrons. The van der Waals surface area contributed by atoms with E-state index in [2.05, 4.69) is 10.4 Å². The average molecular weight is 428 g/mol. The van der Waals surface area contributed by atoms with Gasteiger partial charge in [-0.15, -0.1) is 0 Å². The van der Waals surface area contributed by atoms with E-state index in [1.165, 1.54) is 29.2 Å². The number of nitrogens with zero attached hydrogens (tertiary/aromatic N) is 2. The van der Waals surface area contributed by atoms with Gasteiger partial charge in [0.15, 0.2) is 0 Å². The Kier molecular flexibility index (Phi) is 5.96. The Hall–Kier alpha value is -2.51.